The molecule has 1 aromatic carbocycles. The van der Waals surface area contributed by atoms with Gasteiger partial charge >= 0.3 is 0 Å². The zero-order valence-electron chi connectivity index (χ0n) is 17.9. The van der Waals surface area contributed by atoms with E-state index in [1.807, 2.05) is 30.3 Å². The minimum absolute atomic E-state index is 0.0895. The summed E-state index contributed by atoms with van der Waals surface area (Å²) < 4.78 is 0. The number of imide groups is 1. The number of anilines is 1. The average molecular weight is 451 g/mol. The molecule has 1 saturated carbocycles. The lowest BCUT2D eigenvalue weighted by atomic mass is 9.63. The van der Waals surface area contributed by atoms with Gasteiger partial charge in [0, 0.05) is 12.8 Å². The Labute approximate surface area is 190 Å². The number of benzene rings is 1. The maximum atomic E-state index is 13.5. The summed E-state index contributed by atoms with van der Waals surface area (Å²) in [7, 11) is 0. The minimum Gasteiger partial charge on any atom is -0.299 e. The molecule has 2 bridgehead atoms. The van der Waals surface area contributed by atoms with E-state index in [-0.39, 0.29) is 41.9 Å². The molecule has 2 heterocycles. The summed E-state index contributed by atoms with van der Waals surface area (Å²) in [5.41, 5.74) is 0.896. The van der Waals surface area contributed by atoms with Crippen LogP contribution in [0.25, 0.3) is 0 Å². The average Bonchev–Trinajstić information content (AvgIpc) is 3.37. The summed E-state index contributed by atoms with van der Waals surface area (Å²) in [5.74, 6) is -1.31. The number of hydrogen-bond acceptors (Lipinski definition) is 6. The first-order valence-corrected chi connectivity index (χ1v) is 12.1. The summed E-state index contributed by atoms with van der Waals surface area (Å²) in [6, 6.07) is 8.59. The standard InChI is InChI=1S/C24H26N4O3S/c1-2-6-18-26-27-24(32-18)25-21(29)17(13-14-7-4-3-5-8-14)28-22(30)19-15-9-10-16(12-11-15)20(19)23(28)31/h3-5,7-10,15-17,19-20H,2,6,11-13H2,1H3,(H,25,27,29)/t15-,16-,17-,19-,20+/m0/s1. The fourth-order valence-corrected chi connectivity index (χ4v) is 6.20. The molecule has 0 radical (unpaired) electrons. The van der Waals surface area contributed by atoms with E-state index >= 15 is 0 Å². The summed E-state index contributed by atoms with van der Waals surface area (Å²) in [6.07, 6.45) is 8.04. The second kappa shape index (κ2) is 8.58. The van der Waals surface area contributed by atoms with Crippen molar-refractivity contribution in [2.24, 2.45) is 23.7 Å². The maximum absolute atomic E-state index is 13.5. The van der Waals surface area contributed by atoms with Gasteiger partial charge in [-0.15, -0.1) is 10.2 Å². The van der Waals surface area contributed by atoms with Crippen LogP contribution in [-0.4, -0.2) is 38.9 Å². The molecule has 5 atom stereocenters. The van der Waals surface area contributed by atoms with Gasteiger partial charge < -0.3 is 0 Å². The maximum Gasteiger partial charge on any atom is 0.249 e. The third-order valence-electron chi connectivity index (χ3n) is 6.84. The van der Waals surface area contributed by atoms with E-state index in [0.717, 1.165) is 36.3 Å². The molecular weight excluding hydrogens is 424 g/mol. The van der Waals surface area contributed by atoms with E-state index in [0.29, 0.717) is 5.13 Å². The van der Waals surface area contributed by atoms with Crippen LogP contribution in [0.4, 0.5) is 5.13 Å². The van der Waals surface area contributed by atoms with Gasteiger partial charge in [0.05, 0.1) is 11.8 Å². The second-order valence-electron chi connectivity index (χ2n) is 8.83. The van der Waals surface area contributed by atoms with Crippen molar-refractivity contribution in [3.63, 3.8) is 0 Å². The number of amides is 3. The molecule has 6 rings (SSSR count). The number of carbonyl (C=O) groups is 3. The topological polar surface area (TPSA) is 92.3 Å². The van der Waals surface area contributed by atoms with E-state index in [2.05, 4.69) is 34.6 Å². The van der Waals surface area contributed by atoms with Gasteiger partial charge in [0.2, 0.25) is 22.9 Å². The van der Waals surface area contributed by atoms with E-state index < -0.39 is 11.9 Å². The van der Waals surface area contributed by atoms with Gasteiger partial charge in [0.1, 0.15) is 11.0 Å². The minimum atomic E-state index is -0.916. The number of nitrogens with one attached hydrogen (secondary N) is 1. The molecule has 7 nitrogen and oxygen atoms in total. The number of allylic oxidation sites excluding steroid dienone is 2. The zero-order valence-corrected chi connectivity index (χ0v) is 18.8. The van der Waals surface area contributed by atoms with Gasteiger partial charge in [-0.25, -0.2) is 0 Å². The Bertz CT molecular complexity index is 1030. The summed E-state index contributed by atoms with van der Waals surface area (Å²) >= 11 is 1.33. The quantitative estimate of drug-likeness (QED) is 0.516. The molecule has 8 heteroatoms. The Morgan fingerprint density at radius 3 is 2.34 bits per heavy atom. The lowest BCUT2D eigenvalue weighted by Gasteiger charge is -2.38. The van der Waals surface area contributed by atoms with Gasteiger partial charge in [0.15, 0.2) is 0 Å². The molecule has 2 aromatic rings. The number of fused-ring (bicyclic) bond motifs is 1. The fourth-order valence-electron chi connectivity index (χ4n) is 5.35. The number of carbonyl (C=O) groups excluding carboxylic acids is 3. The Morgan fingerprint density at radius 1 is 1.09 bits per heavy atom. The van der Waals surface area contributed by atoms with Crippen molar-refractivity contribution < 1.29 is 14.4 Å². The van der Waals surface area contributed by atoms with Gasteiger partial charge in [-0.2, -0.15) is 0 Å². The molecule has 1 N–H and O–H groups in total. The third-order valence-corrected chi connectivity index (χ3v) is 7.74. The highest BCUT2D eigenvalue weighted by atomic mass is 32.1. The molecule has 4 aliphatic rings. The van der Waals surface area contributed by atoms with Crippen LogP contribution in [0.1, 0.15) is 36.8 Å². The van der Waals surface area contributed by atoms with Gasteiger partial charge in [0.25, 0.3) is 0 Å². The Hall–Kier alpha value is -2.87. The summed E-state index contributed by atoms with van der Waals surface area (Å²) in [5, 5.41) is 12.3. The Morgan fingerprint density at radius 2 is 1.75 bits per heavy atom. The largest absolute Gasteiger partial charge is 0.299 e. The van der Waals surface area contributed by atoms with Crippen molar-refractivity contribution in [2.45, 2.75) is 45.1 Å². The molecular formula is C24H26N4O3S. The lowest BCUT2D eigenvalue weighted by Crippen LogP contribution is -2.49. The first kappa shape index (κ1) is 21.0. The van der Waals surface area contributed by atoms with Gasteiger partial charge in [-0.1, -0.05) is 60.7 Å². The number of nitrogens with zero attached hydrogens (tertiary/aromatic N) is 3. The normalized spacial score (nSPS) is 27.0. The van der Waals surface area contributed by atoms with Gasteiger partial charge in [-0.3, -0.25) is 24.6 Å². The molecule has 2 fully saturated rings. The van der Waals surface area contributed by atoms with Crippen molar-refractivity contribution in [3.8, 4) is 0 Å². The summed E-state index contributed by atoms with van der Waals surface area (Å²) in [6.45, 7) is 2.06. The van der Waals surface area contributed by atoms with Crippen LogP contribution in [0.5, 0.6) is 0 Å². The Kier molecular flexibility index (Phi) is 5.63. The highest BCUT2D eigenvalue weighted by Crippen LogP contribution is 2.50. The van der Waals surface area contributed by atoms with Crippen LogP contribution in [0.2, 0.25) is 0 Å². The smallest absolute Gasteiger partial charge is 0.249 e. The van der Waals surface area contributed by atoms with Crippen molar-refractivity contribution in [3.05, 3.63) is 53.1 Å². The highest BCUT2D eigenvalue weighted by molar-refractivity contribution is 7.15. The monoisotopic (exact) mass is 450 g/mol. The number of rotatable bonds is 7. The zero-order chi connectivity index (χ0) is 22.2. The number of likely N-dealkylation sites (tertiary alicyclic amines) is 1. The SMILES string of the molecule is CCCc1nnc(NC(=O)[C@H](Cc2ccccc2)N2C(=O)[C@@H]3[C@H](C2=O)[C@H]2C=C[C@H]3CC2)s1. The van der Waals surface area contributed by atoms with Crippen molar-refractivity contribution in [2.75, 3.05) is 5.32 Å². The van der Waals surface area contributed by atoms with Crippen molar-refractivity contribution in [1.82, 2.24) is 15.1 Å². The fraction of sp³-hybridized carbons (Fsp3) is 0.458. The first-order chi connectivity index (χ1) is 15.6. The molecule has 1 aliphatic heterocycles. The third kappa shape index (κ3) is 3.66. The molecule has 1 aromatic heterocycles. The van der Waals surface area contributed by atoms with E-state index in [4.69, 9.17) is 0 Å². The number of aryl methyl sites for hydroxylation is 1. The molecule has 166 valence electrons. The molecule has 1 saturated heterocycles. The van der Waals surface area contributed by atoms with Crippen molar-refractivity contribution >= 4 is 34.2 Å². The number of hydrogen-bond donors (Lipinski definition) is 1. The van der Waals surface area contributed by atoms with Crippen LogP contribution >= 0.6 is 11.3 Å². The molecule has 0 unspecified atom stereocenters. The van der Waals surface area contributed by atoms with Crippen LogP contribution in [0.15, 0.2) is 42.5 Å². The van der Waals surface area contributed by atoms with Crippen molar-refractivity contribution in [1.29, 1.82) is 0 Å². The van der Waals surface area contributed by atoms with Crippen LogP contribution < -0.4 is 5.32 Å². The highest BCUT2D eigenvalue weighted by Gasteiger charge is 2.58. The predicted octanol–water partition coefficient (Wildman–Crippen LogP) is 3.24. The predicted molar refractivity (Wildman–Crippen MR) is 121 cm³/mol. The summed E-state index contributed by atoms with van der Waals surface area (Å²) in [4.78, 5) is 41.6. The first-order valence-electron chi connectivity index (χ1n) is 11.3. The van der Waals surface area contributed by atoms with E-state index in [1.54, 1.807) is 0 Å². The molecule has 0 spiro atoms. The second-order valence-corrected chi connectivity index (χ2v) is 9.90. The van der Waals surface area contributed by atoms with Crippen LogP contribution in [-0.2, 0) is 27.2 Å². The molecule has 32 heavy (non-hydrogen) atoms. The Balaban J connectivity index is 1.44. The van der Waals surface area contributed by atoms with E-state index in [1.165, 1.54) is 16.2 Å². The molecule has 3 amide bonds. The lowest BCUT2D eigenvalue weighted by molar-refractivity contribution is -0.146. The molecule has 3 aliphatic carbocycles. The number of aromatic nitrogens is 2. The van der Waals surface area contributed by atoms with Crippen LogP contribution in [0.3, 0.4) is 0 Å². The van der Waals surface area contributed by atoms with E-state index in [9.17, 15) is 14.4 Å². The van der Waals surface area contributed by atoms with Crippen LogP contribution in [0, 0.1) is 23.7 Å². The van der Waals surface area contributed by atoms with Gasteiger partial charge in [-0.05, 0) is 36.7 Å².